The van der Waals surface area contributed by atoms with E-state index in [1.54, 1.807) is 22.6 Å². The number of aromatic nitrogens is 1. The van der Waals surface area contributed by atoms with Crippen LogP contribution < -0.4 is 5.56 Å². The number of H-pyrrole nitrogens is 1. The van der Waals surface area contributed by atoms with Gasteiger partial charge in [-0.3, -0.25) is 9.59 Å². The molecule has 0 aliphatic rings. The highest BCUT2D eigenvalue weighted by Crippen LogP contribution is 2.18. The largest absolute Gasteiger partial charge is 0.481 e. The molecule has 0 fully saturated rings. The lowest BCUT2D eigenvalue weighted by Crippen LogP contribution is -2.19. The molecule has 1 aromatic heterocycles. The van der Waals surface area contributed by atoms with Crippen LogP contribution in [-0.2, 0) is 11.2 Å². The van der Waals surface area contributed by atoms with E-state index in [0.29, 0.717) is 0 Å². The summed E-state index contributed by atoms with van der Waals surface area (Å²) in [6.45, 7) is 0. The number of carbonyl (C=O) groups is 1. The second-order valence-electron chi connectivity index (χ2n) is 2.75. The van der Waals surface area contributed by atoms with Crippen molar-refractivity contribution in [3.8, 4) is 0 Å². The summed E-state index contributed by atoms with van der Waals surface area (Å²) in [5.41, 5.74) is -1.29. The molecule has 0 aromatic carbocycles. The second kappa shape index (κ2) is 4.69. The molecule has 0 saturated heterocycles. The van der Waals surface area contributed by atoms with Crippen molar-refractivity contribution in [1.29, 1.82) is 0 Å². The molecule has 2 N–H and O–H groups in total. The summed E-state index contributed by atoms with van der Waals surface area (Å²) in [7, 11) is 0. The van der Waals surface area contributed by atoms with E-state index in [4.69, 9.17) is 5.11 Å². The number of halogens is 3. The van der Waals surface area contributed by atoms with E-state index >= 15 is 0 Å². The lowest BCUT2D eigenvalue weighted by atomic mass is 10.2. The van der Waals surface area contributed by atoms with E-state index in [-0.39, 0.29) is 9.13 Å². The predicted molar refractivity (Wildman–Crippen MR) is 56.1 cm³/mol. The Bertz CT molecular complexity index is 444. The molecule has 1 heterocycles. The van der Waals surface area contributed by atoms with Gasteiger partial charge >= 0.3 is 5.97 Å². The summed E-state index contributed by atoms with van der Waals surface area (Å²) in [5.74, 6) is -1.18. The standard InChI is InChI=1S/C8H6F2INO3/c9-7(10)5-2-4(11)3(1-6(13)14)8(15)12-5/h2,7H,1H2,(H,12,15)(H,13,14). The first-order chi connectivity index (χ1) is 6.91. The summed E-state index contributed by atoms with van der Waals surface area (Å²) in [6.07, 6.45) is -3.25. The van der Waals surface area contributed by atoms with E-state index in [0.717, 1.165) is 6.07 Å². The SMILES string of the molecule is O=C(O)Cc1c(I)cc(C(F)F)[nH]c1=O. The van der Waals surface area contributed by atoms with Crippen LogP contribution in [0.4, 0.5) is 8.78 Å². The van der Waals surface area contributed by atoms with Gasteiger partial charge in [-0.05, 0) is 28.7 Å². The van der Waals surface area contributed by atoms with Crippen molar-refractivity contribution in [1.82, 2.24) is 4.98 Å². The number of alkyl halides is 2. The number of hydrogen-bond donors (Lipinski definition) is 2. The Balaban J connectivity index is 3.21. The van der Waals surface area contributed by atoms with Crippen molar-refractivity contribution in [3.63, 3.8) is 0 Å². The Morgan fingerprint density at radius 2 is 2.20 bits per heavy atom. The zero-order chi connectivity index (χ0) is 11.6. The van der Waals surface area contributed by atoms with E-state index < -0.39 is 30.1 Å². The summed E-state index contributed by atoms with van der Waals surface area (Å²) >= 11 is 1.66. The Kier molecular flexibility index (Phi) is 3.77. The summed E-state index contributed by atoms with van der Waals surface area (Å²) in [5, 5.41) is 8.49. The zero-order valence-corrected chi connectivity index (χ0v) is 9.42. The molecule has 0 atom stereocenters. The molecule has 0 radical (unpaired) electrons. The number of aliphatic carboxylic acids is 1. The molecule has 7 heteroatoms. The van der Waals surface area contributed by atoms with Crippen molar-refractivity contribution >= 4 is 28.6 Å². The third-order valence-electron chi connectivity index (χ3n) is 1.67. The van der Waals surface area contributed by atoms with Gasteiger partial charge in [0.05, 0.1) is 12.1 Å². The molecule has 1 aromatic rings. The van der Waals surface area contributed by atoms with E-state index in [1.165, 1.54) is 0 Å². The molecular formula is C8H6F2INO3. The van der Waals surface area contributed by atoms with Crippen LogP contribution in [0.3, 0.4) is 0 Å². The van der Waals surface area contributed by atoms with E-state index in [9.17, 15) is 18.4 Å². The number of nitrogens with one attached hydrogen (secondary N) is 1. The van der Waals surface area contributed by atoms with Crippen LogP contribution in [0.1, 0.15) is 17.7 Å². The van der Waals surface area contributed by atoms with Crippen LogP contribution >= 0.6 is 22.6 Å². The molecule has 82 valence electrons. The molecule has 0 saturated carbocycles. The molecule has 0 aliphatic carbocycles. The normalized spacial score (nSPS) is 10.7. The van der Waals surface area contributed by atoms with Gasteiger partial charge in [0.25, 0.3) is 12.0 Å². The molecular weight excluding hydrogens is 323 g/mol. The van der Waals surface area contributed by atoms with Crippen LogP contribution in [0.15, 0.2) is 10.9 Å². The maximum absolute atomic E-state index is 12.2. The van der Waals surface area contributed by atoms with Crippen LogP contribution in [0.5, 0.6) is 0 Å². The number of carboxylic acid groups (broad SMARTS) is 1. The molecule has 15 heavy (non-hydrogen) atoms. The average Bonchev–Trinajstić information content (AvgIpc) is 2.10. The maximum Gasteiger partial charge on any atom is 0.308 e. The average molecular weight is 329 g/mol. The first-order valence-corrected chi connectivity index (χ1v) is 4.91. The van der Waals surface area contributed by atoms with Gasteiger partial charge in [-0.1, -0.05) is 0 Å². The third-order valence-corrected chi connectivity index (χ3v) is 2.63. The lowest BCUT2D eigenvalue weighted by Gasteiger charge is -2.04. The van der Waals surface area contributed by atoms with Crippen LogP contribution in [0, 0.1) is 3.57 Å². The van der Waals surface area contributed by atoms with Gasteiger partial charge in [-0.15, -0.1) is 0 Å². The molecule has 0 bridgehead atoms. The highest BCUT2D eigenvalue weighted by Gasteiger charge is 2.15. The highest BCUT2D eigenvalue weighted by molar-refractivity contribution is 14.1. The Morgan fingerprint density at radius 3 is 2.60 bits per heavy atom. The van der Waals surface area contributed by atoms with Gasteiger partial charge in [0.1, 0.15) is 0 Å². The predicted octanol–water partition coefficient (Wildman–Crippen LogP) is 1.54. The smallest absolute Gasteiger partial charge is 0.308 e. The van der Waals surface area contributed by atoms with E-state index in [1.807, 2.05) is 4.98 Å². The summed E-state index contributed by atoms with van der Waals surface area (Å²) in [4.78, 5) is 23.6. The van der Waals surface area contributed by atoms with Crippen molar-refractivity contribution in [3.05, 3.63) is 31.2 Å². The van der Waals surface area contributed by atoms with Crippen molar-refractivity contribution in [2.45, 2.75) is 12.8 Å². The van der Waals surface area contributed by atoms with Crippen LogP contribution in [0.25, 0.3) is 0 Å². The first kappa shape index (κ1) is 12.1. The lowest BCUT2D eigenvalue weighted by molar-refractivity contribution is -0.136. The van der Waals surface area contributed by atoms with Crippen LogP contribution in [-0.4, -0.2) is 16.1 Å². The highest BCUT2D eigenvalue weighted by atomic mass is 127. The fraction of sp³-hybridized carbons (Fsp3) is 0.250. The van der Waals surface area contributed by atoms with E-state index in [2.05, 4.69) is 0 Å². The van der Waals surface area contributed by atoms with Gasteiger partial charge in [-0.25, -0.2) is 8.78 Å². The molecule has 0 amide bonds. The Morgan fingerprint density at radius 1 is 1.60 bits per heavy atom. The fourth-order valence-corrected chi connectivity index (χ4v) is 1.78. The molecule has 1 rings (SSSR count). The minimum absolute atomic E-state index is 0.00694. The summed E-state index contributed by atoms with van der Waals surface area (Å²) < 4.78 is 24.7. The second-order valence-corrected chi connectivity index (χ2v) is 3.91. The minimum atomic E-state index is -2.77. The van der Waals surface area contributed by atoms with Gasteiger partial charge in [-0.2, -0.15) is 0 Å². The fourth-order valence-electron chi connectivity index (χ4n) is 1.01. The van der Waals surface area contributed by atoms with Crippen LogP contribution in [0.2, 0.25) is 0 Å². The third kappa shape index (κ3) is 2.98. The van der Waals surface area contributed by atoms with Crippen molar-refractivity contribution in [2.75, 3.05) is 0 Å². The van der Waals surface area contributed by atoms with Gasteiger partial charge in [0.2, 0.25) is 0 Å². The molecule has 0 aliphatic heterocycles. The minimum Gasteiger partial charge on any atom is -0.481 e. The number of pyridine rings is 1. The molecule has 4 nitrogen and oxygen atoms in total. The quantitative estimate of drug-likeness (QED) is 0.827. The van der Waals surface area contributed by atoms with Crippen molar-refractivity contribution < 1.29 is 18.7 Å². The number of carboxylic acids is 1. The van der Waals surface area contributed by atoms with Crippen molar-refractivity contribution in [2.24, 2.45) is 0 Å². The number of rotatable bonds is 3. The summed E-state index contributed by atoms with van der Waals surface area (Å²) in [6, 6.07) is 1.07. The van der Waals surface area contributed by atoms with Gasteiger partial charge < -0.3 is 10.1 Å². The first-order valence-electron chi connectivity index (χ1n) is 3.83. The number of aromatic amines is 1. The molecule has 0 spiro atoms. The topological polar surface area (TPSA) is 70.2 Å². The zero-order valence-electron chi connectivity index (χ0n) is 7.26. The Hall–Kier alpha value is -0.990. The molecule has 0 unspecified atom stereocenters. The maximum atomic E-state index is 12.2. The number of hydrogen-bond acceptors (Lipinski definition) is 2. The van der Waals surface area contributed by atoms with Gasteiger partial charge in [0, 0.05) is 9.13 Å². The van der Waals surface area contributed by atoms with Gasteiger partial charge in [0.15, 0.2) is 0 Å². The Labute approximate surface area is 96.5 Å². The monoisotopic (exact) mass is 329 g/mol.